The third-order valence-corrected chi connectivity index (χ3v) is 2.78. The number of ether oxygens (including phenoxy) is 2. The van der Waals surface area contributed by atoms with Crippen molar-refractivity contribution in [2.45, 2.75) is 12.5 Å². The number of aromatic nitrogens is 1. The highest BCUT2D eigenvalue weighted by Crippen LogP contribution is 2.44. The number of hydrogen-bond acceptors (Lipinski definition) is 3. The van der Waals surface area contributed by atoms with Crippen LogP contribution in [0.1, 0.15) is 5.69 Å². The molecule has 0 fully saturated rings. The summed E-state index contributed by atoms with van der Waals surface area (Å²) >= 11 is 0. The van der Waals surface area contributed by atoms with Gasteiger partial charge in [-0.3, -0.25) is 4.98 Å². The molecule has 0 aliphatic heterocycles. The molecule has 2 aromatic rings. The smallest absolute Gasteiger partial charge is 0.496 e. The molecule has 0 aliphatic carbocycles. The molecule has 9 heteroatoms. The number of pyridine rings is 1. The first kappa shape index (κ1) is 16.9. The van der Waals surface area contributed by atoms with Gasteiger partial charge >= 0.3 is 12.5 Å². The van der Waals surface area contributed by atoms with Gasteiger partial charge in [-0.2, -0.15) is 13.2 Å². The minimum Gasteiger partial charge on any atom is -0.496 e. The maximum absolute atomic E-state index is 13.1. The van der Waals surface area contributed by atoms with Gasteiger partial charge in [0.2, 0.25) is 0 Å². The van der Waals surface area contributed by atoms with E-state index in [4.69, 9.17) is 4.74 Å². The maximum atomic E-state index is 13.1. The van der Waals surface area contributed by atoms with E-state index < -0.39 is 35.1 Å². The topological polar surface area (TPSA) is 31.4 Å². The molecule has 0 radical (unpaired) electrons. The predicted octanol–water partition coefficient (Wildman–Crippen LogP) is 4.67. The molecule has 0 saturated heterocycles. The number of para-hydroxylation sites is 1. The number of halogens is 6. The van der Waals surface area contributed by atoms with Crippen LogP contribution in [0.25, 0.3) is 11.1 Å². The van der Waals surface area contributed by atoms with E-state index in [2.05, 4.69) is 9.72 Å². The molecule has 1 heterocycles. The summed E-state index contributed by atoms with van der Waals surface area (Å²) in [5.41, 5.74) is -2.42. The molecule has 124 valence electrons. The molecule has 0 saturated carbocycles. The zero-order chi connectivity index (χ0) is 17.3. The van der Waals surface area contributed by atoms with Gasteiger partial charge in [-0.1, -0.05) is 18.2 Å². The van der Waals surface area contributed by atoms with Gasteiger partial charge in [0.15, 0.2) is 5.69 Å². The second kappa shape index (κ2) is 5.98. The van der Waals surface area contributed by atoms with Crippen molar-refractivity contribution in [1.29, 1.82) is 0 Å². The Morgan fingerprint density at radius 3 is 2.13 bits per heavy atom. The van der Waals surface area contributed by atoms with Gasteiger partial charge in [0.1, 0.15) is 11.5 Å². The fourth-order valence-electron chi connectivity index (χ4n) is 1.98. The van der Waals surface area contributed by atoms with Crippen LogP contribution >= 0.6 is 0 Å². The monoisotopic (exact) mass is 337 g/mol. The van der Waals surface area contributed by atoms with E-state index in [-0.39, 0.29) is 5.75 Å². The second-order valence-electron chi connectivity index (χ2n) is 4.28. The van der Waals surface area contributed by atoms with Gasteiger partial charge in [0, 0.05) is 11.8 Å². The molecule has 23 heavy (non-hydrogen) atoms. The lowest BCUT2D eigenvalue weighted by Crippen LogP contribution is -2.18. The Labute approximate surface area is 126 Å². The molecular formula is C14H9F6NO2. The number of rotatable bonds is 3. The zero-order valence-electron chi connectivity index (χ0n) is 11.5. The molecular weight excluding hydrogens is 328 g/mol. The van der Waals surface area contributed by atoms with Crippen LogP contribution in [0.15, 0.2) is 36.5 Å². The fraction of sp³-hybridized carbons (Fsp3) is 0.214. The highest BCUT2D eigenvalue weighted by Gasteiger charge is 2.39. The Bertz CT molecular complexity index is 696. The van der Waals surface area contributed by atoms with Crippen molar-refractivity contribution in [3.05, 3.63) is 42.2 Å². The minimum atomic E-state index is -5.05. The van der Waals surface area contributed by atoms with Crippen LogP contribution < -0.4 is 9.47 Å². The van der Waals surface area contributed by atoms with Crippen LogP contribution in [0.4, 0.5) is 26.3 Å². The summed E-state index contributed by atoms with van der Waals surface area (Å²) in [4.78, 5) is 3.23. The van der Waals surface area contributed by atoms with E-state index in [1.165, 1.54) is 12.1 Å². The van der Waals surface area contributed by atoms with Crippen molar-refractivity contribution >= 4 is 0 Å². The summed E-state index contributed by atoms with van der Waals surface area (Å²) in [6.07, 6.45) is -9.07. The van der Waals surface area contributed by atoms with Crippen molar-refractivity contribution in [3.8, 4) is 22.6 Å². The maximum Gasteiger partial charge on any atom is 0.573 e. The second-order valence-corrected chi connectivity index (χ2v) is 4.28. The van der Waals surface area contributed by atoms with Gasteiger partial charge in [0.25, 0.3) is 0 Å². The lowest BCUT2D eigenvalue weighted by molar-refractivity contribution is -0.274. The summed E-state index contributed by atoms with van der Waals surface area (Å²) < 4.78 is 85.5. The van der Waals surface area contributed by atoms with E-state index in [9.17, 15) is 26.3 Å². The standard InChI is InChI=1S/C14H9F6NO2/c1-22-10-6-7-21-12(13(15,16)17)11(10)8-4-2-3-5-9(8)23-14(18,19)20/h2-7H,1H3. The summed E-state index contributed by atoms with van der Waals surface area (Å²) in [6, 6.07) is 5.59. The van der Waals surface area contributed by atoms with E-state index in [0.717, 1.165) is 31.5 Å². The number of alkyl halides is 6. The molecule has 1 aromatic heterocycles. The van der Waals surface area contributed by atoms with Crippen molar-refractivity contribution in [2.24, 2.45) is 0 Å². The highest BCUT2D eigenvalue weighted by molar-refractivity contribution is 5.78. The van der Waals surface area contributed by atoms with E-state index >= 15 is 0 Å². The first-order valence-electron chi connectivity index (χ1n) is 6.09. The fourth-order valence-corrected chi connectivity index (χ4v) is 1.98. The van der Waals surface area contributed by atoms with Gasteiger partial charge in [-0.05, 0) is 12.1 Å². The van der Waals surface area contributed by atoms with E-state index in [1.807, 2.05) is 0 Å². The molecule has 0 N–H and O–H groups in total. The first-order valence-corrected chi connectivity index (χ1v) is 6.09. The minimum absolute atomic E-state index is 0.273. The number of hydrogen-bond donors (Lipinski definition) is 0. The molecule has 0 unspecified atom stereocenters. The van der Waals surface area contributed by atoms with Crippen molar-refractivity contribution in [2.75, 3.05) is 7.11 Å². The summed E-state index contributed by atoms with van der Waals surface area (Å²) in [5.74, 6) is -1.05. The third-order valence-electron chi connectivity index (χ3n) is 2.78. The highest BCUT2D eigenvalue weighted by atomic mass is 19.4. The van der Waals surface area contributed by atoms with Crippen LogP contribution in [0.3, 0.4) is 0 Å². The van der Waals surface area contributed by atoms with Crippen LogP contribution in [0.5, 0.6) is 11.5 Å². The van der Waals surface area contributed by atoms with Crippen molar-refractivity contribution in [3.63, 3.8) is 0 Å². The Morgan fingerprint density at radius 2 is 1.57 bits per heavy atom. The lowest BCUT2D eigenvalue weighted by Gasteiger charge is -2.18. The molecule has 0 spiro atoms. The van der Waals surface area contributed by atoms with Gasteiger partial charge in [-0.15, -0.1) is 13.2 Å². The van der Waals surface area contributed by atoms with Gasteiger partial charge in [-0.25, -0.2) is 0 Å². The third kappa shape index (κ3) is 3.85. The summed E-state index contributed by atoms with van der Waals surface area (Å²) in [5, 5.41) is 0. The lowest BCUT2D eigenvalue weighted by atomic mass is 10.0. The molecule has 3 nitrogen and oxygen atoms in total. The van der Waals surface area contributed by atoms with Crippen molar-refractivity contribution in [1.82, 2.24) is 4.98 Å². The Morgan fingerprint density at radius 1 is 0.913 bits per heavy atom. The van der Waals surface area contributed by atoms with Gasteiger partial charge in [0.05, 0.1) is 12.7 Å². The number of methoxy groups -OCH3 is 1. The van der Waals surface area contributed by atoms with Crippen LogP contribution in [0.2, 0.25) is 0 Å². The SMILES string of the molecule is COc1ccnc(C(F)(F)F)c1-c1ccccc1OC(F)(F)F. The summed E-state index contributed by atoms with van der Waals surface area (Å²) in [7, 11) is 1.10. The largest absolute Gasteiger partial charge is 0.573 e. The van der Waals surface area contributed by atoms with Crippen molar-refractivity contribution < 1.29 is 35.8 Å². The molecule has 0 amide bonds. The molecule has 0 atom stereocenters. The first-order chi connectivity index (χ1) is 10.6. The summed E-state index contributed by atoms with van der Waals surface area (Å²) in [6.45, 7) is 0. The van der Waals surface area contributed by atoms with E-state index in [1.54, 1.807) is 0 Å². The Hall–Kier alpha value is -2.45. The molecule has 1 aromatic carbocycles. The molecule has 2 rings (SSSR count). The van der Waals surface area contributed by atoms with E-state index in [0.29, 0.717) is 0 Å². The quantitative estimate of drug-likeness (QED) is 0.763. The van der Waals surface area contributed by atoms with Crippen LogP contribution in [-0.4, -0.2) is 18.5 Å². The molecule has 0 aliphatic rings. The number of nitrogens with zero attached hydrogens (tertiary/aromatic N) is 1. The average Bonchev–Trinajstić information content (AvgIpc) is 2.44. The zero-order valence-corrected chi connectivity index (χ0v) is 11.5. The van der Waals surface area contributed by atoms with Crippen LogP contribution in [0, 0.1) is 0 Å². The predicted molar refractivity (Wildman–Crippen MR) is 67.9 cm³/mol. The molecule has 0 bridgehead atoms. The van der Waals surface area contributed by atoms with Crippen LogP contribution in [-0.2, 0) is 6.18 Å². The number of benzene rings is 1. The Kier molecular flexibility index (Phi) is 4.39. The Balaban J connectivity index is 2.72. The normalized spacial score (nSPS) is 12.1. The average molecular weight is 337 g/mol. The van der Waals surface area contributed by atoms with Gasteiger partial charge < -0.3 is 9.47 Å².